The first kappa shape index (κ1) is 16.7. The minimum absolute atomic E-state index is 0.138. The van der Waals surface area contributed by atoms with E-state index in [0.29, 0.717) is 45.3 Å². The Morgan fingerprint density at radius 1 is 1.00 bits per heavy atom. The van der Waals surface area contributed by atoms with E-state index in [0.717, 1.165) is 19.3 Å². The fourth-order valence-corrected chi connectivity index (χ4v) is 1.29. The lowest BCUT2D eigenvalue weighted by Crippen LogP contribution is -2.13. The summed E-state index contributed by atoms with van der Waals surface area (Å²) in [6.45, 7) is 4.41. The highest BCUT2D eigenvalue weighted by Crippen LogP contribution is 2.00. The van der Waals surface area contributed by atoms with Crippen molar-refractivity contribution in [2.75, 3.05) is 38.9 Å². The zero-order valence-electron chi connectivity index (χ0n) is 10.6. The number of carbonyl (C=O) groups excluding carboxylic acids is 1. The molecule has 4 nitrogen and oxygen atoms in total. The number of carbonyl (C=O) groups is 1. The zero-order valence-corrected chi connectivity index (χ0v) is 11.3. The summed E-state index contributed by atoms with van der Waals surface area (Å²) in [4.78, 5) is 11.2. The van der Waals surface area contributed by atoms with Crippen molar-refractivity contribution in [3.8, 4) is 0 Å². The number of hydrogen-bond donors (Lipinski definition) is 0. The molecule has 0 aromatic carbocycles. The molecule has 0 unspecified atom stereocenters. The van der Waals surface area contributed by atoms with Crippen LogP contribution in [0, 0.1) is 0 Å². The molecule has 0 aromatic heterocycles. The van der Waals surface area contributed by atoms with Crippen LogP contribution in [0.25, 0.3) is 0 Å². The van der Waals surface area contributed by atoms with Crippen LogP contribution >= 0.6 is 11.6 Å². The average Bonchev–Trinajstić information content (AvgIpc) is 2.33. The molecule has 5 heteroatoms. The SMILES string of the molecule is CCCCCC(=O)OCCOCCOCCCl. The molecule has 0 radical (unpaired) electrons. The van der Waals surface area contributed by atoms with Crippen LogP contribution in [0.5, 0.6) is 0 Å². The highest BCUT2D eigenvalue weighted by Gasteiger charge is 2.01. The summed E-state index contributed by atoms with van der Waals surface area (Å²) in [5.41, 5.74) is 0. The average molecular weight is 267 g/mol. The molecule has 0 amide bonds. The second-order valence-electron chi connectivity index (χ2n) is 3.59. The van der Waals surface area contributed by atoms with Crippen molar-refractivity contribution >= 4 is 17.6 Å². The van der Waals surface area contributed by atoms with Crippen LogP contribution in [0.2, 0.25) is 0 Å². The Bertz CT molecular complexity index is 176. The minimum atomic E-state index is -0.138. The highest BCUT2D eigenvalue weighted by atomic mass is 35.5. The normalized spacial score (nSPS) is 10.5. The lowest BCUT2D eigenvalue weighted by atomic mass is 10.2. The summed E-state index contributed by atoms with van der Waals surface area (Å²) in [5.74, 6) is 0.357. The van der Waals surface area contributed by atoms with E-state index in [-0.39, 0.29) is 5.97 Å². The smallest absolute Gasteiger partial charge is 0.305 e. The van der Waals surface area contributed by atoms with Crippen molar-refractivity contribution in [1.82, 2.24) is 0 Å². The van der Waals surface area contributed by atoms with Gasteiger partial charge >= 0.3 is 5.97 Å². The molecule has 0 rings (SSSR count). The van der Waals surface area contributed by atoms with E-state index in [1.54, 1.807) is 0 Å². The molecule has 0 fully saturated rings. The summed E-state index contributed by atoms with van der Waals surface area (Å²) in [7, 11) is 0. The van der Waals surface area contributed by atoms with Gasteiger partial charge in [-0.25, -0.2) is 0 Å². The summed E-state index contributed by atoms with van der Waals surface area (Å²) in [6, 6.07) is 0. The maximum atomic E-state index is 11.2. The third-order valence-electron chi connectivity index (χ3n) is 2.07. The van der Waals surface area contributed by atoms with Gasteiger partial charge in [0.05, 0.1) is 26.4 Å². The first-order valence-electron chi connectivity index (χ1n) is 6.18. The zero-order chi connectivity index (χ0) is 12.8. The number of ether oxygens (including phenoxy) is 3. The molecule has 0 heterocycles. The third-order valence-corrected chi connectivity index (χ3v) is 2.22. The predicted molar refractivity (Wildman–Crippen MR) is 67.5 cm³/mol. The summed E-state index contributed by atoms with van der Waals surface area (Å²) in [5, 5.41) is 0. The Hall–Kier alpha value is -0.320. The first-order valence-corrected chi connectivity index (χ1v) is 6.71. The molecule has 0 aliphatic rings. The molecule has 0 N–H and O–H groups in total. The number of alkyl halides is 1. The van der Waals surface area contributed by atoms with Gasteiger partial charge in [-0.05, 0) is 6.42 Å². The Balaban J connectivity index is 3.08. The second-order valence-corrected chi connectivity index (χ2v) is 3.97. The van der Waals surface area contributed by atoms with Gasteiger partial charge in [0.1, 0.15) is 6.61 Å². The second kappa shape index (κ2) is 13.7. The van der Waals surface area contributed by atoms with Gasteiger partial charge in [-0.1, -0.05) is 19.8 Å². The summed E-state index contributed by atoms with van der Waals surface area (Å²) >= 11 is 5.43. The largest absolute Gasteiger partial charge is 0.463 e. The fourth-order valence-electron chi connectivity index (χ4n) is 1.18. The van der Waals surface area contributed by atoms with Gasteiger partial charge < -0.3 is 14.2 Å². The molecule has 0 saturated carbocycles. The van der Waals surface area contributed by atoms with Gasteiger partial charge in [0.25, 0.3) is 0 Å². The quantitative estimate of drug-likeness (QED) is 0.309. The van der Waals surface area contributed by atoms with Crippen LogP contribution < -0.4 is 0 Å². The van der Waals surface area contributed by atoms with Gasteiger partial charge in [-0.2, -0.15) is 0 Å². The van der Waals surface area contributed by atoms with Crippen molar-refractivity contribution in [1.29, 1.82) is 0 Å². The van der Waals surface area contributed by atoms with Gasteiger partial charge in [0.2, 0.25) is 0 Å². The van der Waals surface area contributed by atoms with Gasteiger partial charge in [0, 0.05) is 12.3 Å². The van der Waals surface area contributed by atoms with E-state index in [4.69, 9.17) is 25.8 Å². The molecule has 0 aromatic rings. The predicted octanol–water partition coefficient (Wildman–Crippen LogP) is 2.38. The monoisotopic (exact) mass is 266 g/mol. The van der Waals surface area contributed by atoms with Crippen LogP contribution in [0.15, 0.2) is 0 Å². The van der Waals surface area contributed by atoms with Crippen LogP contribution in [0.4, 0.5) is 0 Å². The van der Waals surface area contributed by atoms with Gasteiger partial charge in [0.15, 0.2) is 0 Å². The van der Waals surface area contributed by atoms with Crippen molar-refractivity contribution in [2.45, 2.75) is 32.6 Å². The number of rotatable bonds is 12. The maximum absolute atomic E-state index is 11.2. The van der Waals surface area contributed by atoms with E-state index >= 15 is 0 Å². The Morgan fingerprint density at radius 2 is 1.65 bits per heavy atom. The Morgan fingerprint density at radius 3 is 2.29 bits per heavy atom. The molecule has 0 aliphatic carbocycles. The van der Waals surface area contributed by atoms with Crippen molar-refractivity contribution in [3.05, 3.63) is 0 Å². The molecule has 17 heavy (non-hydrogen) atoms. The molecular weight excluding hydrogens is 244 g/mol. The maximum Gasteiger partial charge on any atom is 0.305 e. The fraction of sp³-hybridized carbons (Fsp3) is 0.917. The highest BCUT2D eigenvalue weighted by molar-refractivity contribution is 6.17. The lowest BCUT2D eigenvalue weighted by molar-refractivity contribution is -0.145. The van der Waals surface area contributed by atoms with E-state index in [1.165, 1.54) is 0 Å². The molecule has 0 spiro atoms. The standard InChI is InChI=1S/C12H23ClO4/c1-2-3-4-5-12(14)17-11-10-16-9-8-15-7-6-13/h2-11H2,1H3. The van der Waals surface area contributed by atoms with E-state index in [1.807, 2.05) is 0 Å². The molecule has 0 aliphatic heterocycles. The first-order chi connectivity index (χ1) is 8.31. The topological polar surface area (TPSA) is 44.8 Å². The van der Waals surface area contributed by atoms with Crippen molar-refractivity contribution < 1.29 is 19.0 Å². The number of unbranched alkanes of at least 4 members (excludes halogenated alkanes) is 2. The summed E-state index contributed by atoms with van der Waals surface area (Å²) < 4.78 is 15.3. The van der Waals surface area contributed by atoms with Crippen LogP contribution in [-0.2, 0) is 19.0 Å². The van der Waals surface area contributed by atoms with E-state index in [2.05, 4.69) is 6.92 Å². The van der Waals surface area contributed by atoms with Crippen molar-refractivity contribution in [2.24, 2.45) is 0 Å². The third kappa shape index (κ3) is 13.6. The molecule has 0 atom stereocenters. The molecular formula is C12H23ClO4. The number of halogens is 1. The Kier molecular flexibility index (Phi) is 13.5. The van der Waals surface area contributed by atoms with Crippen LogP contribution in [-0.4, -0.2) is 44.9 Å². The minimum Gasteiger partial charge on any atom is -0.463 e. The molecule has 0 bridgehead atoms. The molecule has 0 saturated heterocycles. The molecule has 102 valence electrons. The lowest BCUT2D eigenvalue weighted by Gasteiger charge is -2.06. The van der Waals surface area contributed by atoms with Crippen LogP contribution in [0.1, 0.15) is 32.6 Å². The summed E-state index contributed by atoms with van der Waals surface area (Å²) in [6.07, 6.45) is 3.59. The Labute approximate surface area is 109 Å². The van der Waals surface area contributed by atoms with E-state index in [9.17, 15) is 4.79 Å². The van der Waals surface area contributed by atoms with E-state index < -0.39 is 0 Å². The van der Waals surface area contributed by atoms with Gasteiger partial charge in [-0.3, -0.25) is 4.79 Å². The number of esters is 1. The van der Waals surface area contributed by atoms with Gasteiger partial charge in [-0.15, -0.1) is 11.6 Å². The number of hydrogen-bond acceptors (Lipinski definition) is 4. The van der Waals surface area contributed by atoms with Crippen LogP contribution in [0.3, 0.4) is 0 Å². The van der Waals surface area contributed by atoms with Crippen molar-refractivity contribution in [3.63, 3.8) is 0 Å².